The van der Waals surface area contributed by atoms with Crippen LogP contribution in [0, 0.1) is 0 Å². The number of carboxylic acid groups (broad SMARTS) is 1. The van der Waals surface area contributed by atoms with Crippen molar-refractivity contribution in [3.8, 4) is 16.9 Å². The monoisotopic (exact) mass is 485 g/mol. The molecule has 1 atom stereocenters. The fraction of sp³-hybridized carbons (Fsp3) is 0.333. The molecule has 6 heteroatoms. The smallest absolute Gasteiger partial charge is 0.407 e. The molecular weight excluding hydrogens is 454 g/mol. The van der Waals surface area contributed by atoms with Gasteiger partial charge < -0.3 is 19.9 Å². The molecule has 186 valence electrons. The average Bonchev–Trinajstić information content (AvgIpc) is 3.22. The highest BCUT2D eigenvalue weighted by atomic mass is 16.5. The van der Waals surface area contributed by atoms with E-state index < -0.39 is 18.1 Å². The van der Waals surface area contributed by atoms with E-state index in [0.29, 0.717) is 0 Å². The maximum Gasteiger partial charge on any atom is 0.407 e. The minimum Gasteiger partial charge on any atom is -0.490 e. The molecule has 1 unspecified atom stereocenters. The number of ether oxygens (including phenoxy) is 2. The molecule has 0 spiro atoms. The van der Waals surface area contributed by atoms with E-state index in [-0.39, 0.29) is 25.0 Å². The van der Waals surface area contributed by atoms with Crippen molar-refractivity contribution in [2.24, 2.45) is 0 Å². The maximum atomic E-state index is 12.6. The molecule has 0 heterocycles. The molecule has 1 fully saturated rings. The Balaban J connectivity index is 1.18. The largest absolute Gasteiger partial charge is 0.490 e. The van der Waals surface area contributed by atoms with Gasteiger partial charge in [0.15, 0.2) is 0 Å². The van der Waals surface area contributed by atoms with Crippen LogP contribution in [0.1, 0.15) is 54.7 Å². The Labute approximate surface area is 211 Å². The summed E-state index contributed by atoms with van der Waals surface area (Å²) in [6, 6.07) is 22.5. The van der Waals surface area contributed by atoms with Gasteiger partial charge in [-0.3, -0.25) is 0 Å². The molecule has 1 amide bonds. The normalized spacial score (nSPS) is 16.0. The van der Waals surface area contributed by atoms with Crippen molar-refractivity contribution in [3.05, 3.63) is 89.5 Å². The summed E-state index contributed by atoms with van der Waals surface area (Å²) in [6.45, 7) is 0.138. The third-order valence-electron chi connectivity index (χ3n) is 7.15. The number of hydrogen-bond donors (Lipinski definition) is 2. The highest BCUT2D eigenvalue weighted by Crippen LogP contribution is 2.44. The lowest BCUT2D eigenvalue weighted by atomic mass is 9.98. The zero-order chi connectivity index (χ0) is 24.9. The third kappa shape index (κ3) is 5.38. The lowest BCUT2D eigenvalue weighted by Crippen LogP contribution is -2.42. The molecule has 5 rings (SSSR count). The molecule has 2 N–H and O–H groups in total. The van der Waals surface area contributed by atoms with Crippen molar-refractivity contribution in [2.75, 3.05) is 6.61 Å². The van der Waals surface area contributed by atoms with Crippen LogP contribution in [0.5, 0.6) is 5.75 Å². The zero-order valence-corrected chi connectivity index (χ0v) is 20.2. The van der Waals surface area contributed by atoms with Crippen LogP contribution in [0.3, 0.4) is 0 Å². The molecule has 0 aromatic heterocycles. The number of fused-ring (bicyclic) bond motifs is 3. The first-order chi connectivity index (χ1) is 17.6. The zero-order valence-electron chi connectivity index (χ0n) is 20.2. The Kier molecular flexibility index (Phi) is 7.21. The summed E-state index contributed by atoms with van der Waals surface area (Å²) >= 11 is 0. The first-order valence-corrected chi connectivity index (χ1v) is 12.7. The van der Waals surface area contributed by atoms with E-state index in [2.05, 4.69) is 17.4 Å². The molecule has 1 saturated carbocycles. The number of benzene rings is 3. The number of carboxylic acids is 1. The lowest BCUT2D eigenvalue weighted by molar-refractivity contribution is -0.139. The maximum absolute atomic E-state index is 12.6. The molecule has 2 aliphatic rings. The SMILES string of the molecule is O=C(NC(Cc1ccc(OC2CCCCC2)cc1)C(=O)O)OCC1c2ccccc2-c2ccccc21. The molecule has 0 radical (unpaired) electrons. The Morgan fingerprint density at radius 3 is 2.08 bits per heavy atom. The van der Waals surface area contributed by atoms with Crippen LogP contribution >= 0.6 is 0 Å². The predicted octanol–water partition coefficient (Wildman–Crippen LogP) is 5.93. The van der Waals surface area contributed by atoms with Crippen molar-refractivity contribution in [1.82, 2.24) is 5.32 Å². The van der Waals surface area contributed by atoms with Crippen LogP contribution < -0.4 is 10.1 Å². The van der Waals surface area contributed by atoms with E-state index >= 15 is 0 Å². The summed E-state index contributed by atoms with van der Waals surface area (Å²) in [5, 5.41) is 12.2. The van der Waals surface area contributed by atoms with E-state index in [1.54, 1.807) is 0 Å². The number of carbonyl (C=O) groups excluding carboxylic acids is 1. The van der Waals surface area contributed by atoms with Gasteiger partial charge in [0, 0.05) is 12.3 Å². The minimum atomic E-state index is -1.11. The summed E-state index contributed by atoms with van der Waals surface area (Å²) in [6.07, 6.45) is 5.50. The topological polar surface area (TPSA) is 84.9 Å². The van der Waals surface area contributed by atoms with Crippen LogP contribution in [0.15, 0.2) is 72.8 Å². The fourth-order valence-electron chi connectivity index (χ4n) is 5.30. The Bertz CT molecular complexity index is 1170. The van der Waals surface area contributed by atoms with Gasteiger partial charge in [0.2, 0.25) is 0 Å². The van der Waals surface area contributed by atoms with E-state index in [0.717, 1.165) is 46.4 Å². The van der Waals surface area contributed by atoms with Crippen LogP contribution in [0.2, 0.25) is 0 Å². The second-order valence-electron chi connectivity index (χ2n) is 9.59. The minimum absolute atomic E-state index is 0.0804. The van der Waals surface area contributed by atoms with Crippen molar-refractivity contribution in [1.29, 1.82) is 0 Å². The summed E-state index contributed by atoms with van der Waals surface area (Å²) in [7, 11) is 0. The van der Waals surface area contributed by atoms with Gasteiger partial charge in [-0.15, -0.1) is 0 Å². The molecule has 3 aromatic carbocycles. The number of hydrogen-bond acceptors (Lipinski definition) is 4. The van der Waals surface area contributed by atoms with Gasteiger partial charge in [0.25, 0.3) is 0 Å². The van der Waals surface area contributed by atoms with Crippen molar-refractivity contribution in [2.45, 2.75) is 56.6 Å². The fourth-order valence-corrected chi connectivity index (χ4v) is 5.30. The van der Waals surface area contributed by atoms with Crippen LogP contribution in [-0.2, 0) is 16.0 Å². The van der Waals surface area contributed by atoms with Crippen LogP contribution in [0.4, 0.5) is 4.79 Å². The molecule has 0 saturated heterocycles. The summed E-state index contributed by atoms with van der Waals surface area (Å²) in [5.41, 5.74) is 5.30. The van der Waals surface area contributed by atoms with E-state index in [1.165, 1.54) is 19.3 Å². The first-order valence-electron chi connectivity index (χ1n) is 12.7. The summed E-state index contributed by atoms with van der Waals surface area (Å²) in [4.78, 5) is 24.4. The molecule has 2 aliphatic carbocycles. The van der Waals surface area contributed by atoms with Crippen molar-refractivity contribution < 1.29 is 24.2 Å². The summed E-state index contributed by atoms with van der Waals surface area (Å²) in [5.74, 6) is -0.392. The van der Waals surface area contributed by atoms with Gasteiger partial charge in [-0.2, -0.15) is 0 Å². The Morgan fingerprint density at radius 1 is 0.861 bits per heavy atom. The van der Waals surface area contributed by atoms with Gasteiger partial charge in [0.05, 0.1) is 6.10 Å². The molecule has 6 nitrogen and oxygen atoms in total. The van der Waals surface area contributed by atoms with Crippen molar-refractivity contribution in [3.63, 3.8) is 0 Å². The van der Waals surface area contributed by atoms with Crippen molar-refractivity contribution >= 4 is 12.1 Å². The third-order valence-corrected chi connectivity index (χ3v) is 7.15. The number of amides is 1. The molecular formula is C30H31NO5. The highest BCUT2D eigenvalue weighted by molar-refractivity contribution is 5.81. The Morgan fingerprint density at radius 2 is 1.47 bits per heavy atom. The lowest BCUT2D eigenvalue weighted by Gasteiger charge is -2.23. The standard InChI is InChI=1S/C30H31NO5/c32-29(33)28(18-20-14-16-22(17-15-20)36-21-8-2-1-3-9-21)31-30(34)35-19-27-25-12-6-4-10-23(25)24-11-5-7-13-26(24)27/h4-7,10-17,21,27-28H,1-3,8-9,18-19H2,(H,31,34)(H,32,33). The molecule has 0 bridgehead atoms. The quantitative estimate of drug-likeness (QED) is 0.413. The van der Waals surface area contributed by atoms with Gasteiger partial charge in [-0.1, -0.05) is 67.1 Å². The predicted molar refractivity (Wildman–Crippen MR) is 137 cm³/mol. The van der Waals surface area contributed by atoms with Gasteiger partial charge in [-0.05, 0) is 65.6 Å². The van der Waals surface area contributed by atoms with Gasteiger partial charge in [0.1, 0.15) is 18.4 Å². The average molecular weight is 486 g/mol. The highest BCUT2D eigenvalue weighted by Gasteiger charge is 2.30. The van der Waals surface area contributed by atoms with E-state index in [9.17, 15) is 14.7 Å². The van der Waals surface area contributed by atoms with Crippen LogP contribution in [-0.4, -0.2) is 35.9 Å². The molecule has 36 heavy (non-hydrogen) atoms. The summed E-state index contributed by atoms with van der Waals surface area (Å²) < 4.78 is 11.6. The van der Waals surface area contributed by atoms with E-state index in [1.807, 2.05) is 60.7 Å². The second kappa shape index (κ2) is 10.9. The number of alkyl carbamates (subject to hydrolysis) is 1. The van der Waals surface area contributed by atoms with E-state index in [4.69, 9.17) is 9.47 Å². The number of aliphatic carboxylic acids is 1. The van der Waals surface area contributed by atoms with Crippen LogP contribution in [0.25, 0.3) is 11.1 Å². The Hall–Kier alpha value is -3.80. The number of rotatable bonds is 8. The van der Waals surface area contributed by atoms with Gasteiger partial charge in [-0.25, -0.2) is 9.59 Å². The molecule has 0 aliphatic heterocycles. The molecule has 3 aromatic rings. The van der Waals surface area contributed by atoms with Gasteiger partial charge >= 0.3 is 12.1 Å². The second-order valence-corrected chi connectivity index (χ2v) is 9.59. The number of nitrogens with one attached hydrogen (secondary N) is 1. The number of carbonyl (C=O) groups is 2. The first kappa shape index (κ1) is 23.9.